The van der Waals surface area contributed by atoms with E-state index in [-0.39, 0.29) is 19.0 Å². The third-order valence-electron chi connectivity index (χ3n) is 3.68. The lowest BCUT2D eigenvalue weighted by atomic mass is 10.2. The van der Waals surface area contributed by atoms with Crippen LogP contribution in [-0.2, 0) is 22.7 Å². The summed E-state index contributed by atoms with van der Waals surface area (Å²) in [6.07, 6.45) is 1.33. The standard InChI is InChI=1S/C19H16ClNO6S/c1-11-17(19(23)27-9-12-7-8-25-16(12)18(22)24-2)28-15(21-11)10-26-14-5-3-13(20)4-6-14/h3-8H,9-10H2,1-2H3. The fraction of sp³-hybridized carbons (Fsp3) is 0.211. The van der Waals surface area contributed by atoms with E-state index in [2.05, 4.69) is 9.72 Å². The molecule has 1 aromatic carbocycles. The van der Waals surface area contributed by atoms with E-state index in [4.69, 9.17) is 25.5 Å². The van der Waals surface area contributed by atoms with Crippen molar-refractivity contribution in [3.63, 3.8) is 0 Å². The highest BCUT2D eigenvalue weighted by molar-refractivity contribution is 7.13. The molecule has 0 aliphatic heterocycles. The molecular weight excluding hydrogens is 406 g/mol. The number of carbonyl (C=O) groups excluding carboxylic acids is 2. The average molecular weight is 422 g/mol. The van der Waals surface area contributed by atoms with Crippen LogP contribution in [0.5, 0.6) is 5.75 Å². The van der Waals surface area contributed by atoms with Crippen LogP contribution < -0.4 is 4.74 Å². The zero-order chi connectivity index (χ0) is 20.1. The summed E-state index contributed by atoms with van der Waals surface area (Å²) in [6.45, 7) is 1.82. The van der Waals surface area contributed by atoms with Crippen LogP contribution in [0, 0.1) is 6.92 Å². The van der Waals surface area contributed by atoms with Crippen molar-refractivity contribution in [1.29, 1.82) is 0 Å². The van der Waals surface area contributed by atoms with Gasteiger partial charge in [0.2, 0.25) is 5.76 Å². The topological polar surface area (TPSA) is 87.9 Å². The predicted octanol–water partition coefficient (Wildman–Crippen LogP) is 4.42. The minimum Gasteiger partial charge on any atom is -0.486 e. The summed E-state index contributed by atoms with van der Waals surface area (Å²) >= 11 is 7.03. The number of esters is 2. The molecule has 0 aliphatic rings. The summed E-state index contributed by atoms with van der Waals surface area (Å²) < 4.78 is 20.6. The number of thiazole rings is 1. The molecule has 0 unspecified atom stereocenters. The molecule has 0 atom stereocenters. The maximum atomic E-state index is 12.4. The van der Waals surface area contributed by atoms with Gasteiger partial charge in [0.25, 0.3) is 0 Å². The monoisotopic (exact) mass is 421 g/mol. The van der Waals surface area contributed by atoms with Gasteiger partial charge in [-0.05, 0) is 37.3 Å². The van der Waals surface area contributed by atoms with Crippen molar-refractivity contribution in [3.8, 4) is 5.75 Å². The Morgan fingerprint density at radius 1 is 1.14 bits per heavy atom. The number of carbonyl (C=O) groups is 2. The number of aromatic nitrogens is 1. The molecule has 0 amide bonds. The predicted molar refractivity (Wildman–Crippen MR) is 102 cm³/mol. The number of aryl methyl sites for hydroxylation is 1. The van der Waals surface area contributed by atoms with E-state index in [0.717, 1.165) is 0 Å². The Bertz CT molecular complexity index is 979. The molecule has 9 heteroatoms. The maximum absolute atomic E-state index is 12.4. The minimum atomic E-state index is -0.633. The van der Waals surface area contributed by atoms with Gasteiger partial charge in [-0.25, -0.2) is 14.6 Å². The van der Waals surface area contributed by atoms with Gasteiger partial charge in [-0.1, -0.05) is 11.6 Å². The second-order valence-electron chi connectivity index (χ2n) is 5.61. The van der Waals surface area contributed by atoms with Crippen LogP contribution in [0.1, 0.15) is 36.5 Å². The van der Waals surface area contributed by atoms with Crippen LogP contribution in [0.25, 0.3) is 0 Å². The summed E-state index contributed by atoms with van der Waals surface area (Å²) in [6, 6.07) is 8.50. The largest absolute Gasteiger partial charge is 0.486 e. The Morgan fingerprint density at radius 3 is 2.61 bits per heavy atom. The highest BCUT2D eigenvalue weighted by atomic mass is 35.5. The zero-order valence-electron chi connectivity index (χ0n) is 15.1. The first-order chi connectivity index (χ1) is 13.5. The molecule has 0 saturated heterocycles. The van der Waals surface area contributed by atoms with E-state index in [1.54, 1.807) is 37.3 Å². The van der Waals surface area contributed by atoms with Crippen molar-refractivity contribution in [1.82, 2.24) is 4.98 Å². The van der Waals surface area contributed by atoms with Crippen molar-refractivity contribution in [3.05, 3.63) is 68.5 Å². The Kier molecular flexibility index (Phi) is 6.33. The summed E-state index contributed by atoms with van der Waals surface area (Å²) in [5.41, 5.74) is 0.971. The molecule has 3 aromatic rings. The summed E-state index contributed by atoms with van der Waals surface area (Å²) in [5, 5.41) is 1.26. The number of benzene rings is 1. The SMILES string of the molecule is COC(=O)c1occc1COC(=O)c1sc(COc2ccc(Cl)cc2)nc1C. The summed E-state index contributed by atoms with van der Waals surface area (Å²) in [7, 11) is 1.25. The van der Waals surface area contributed by atoms with Gasteiger partial charge >= 0.3 is 11.9 Å². The number of ether oxygens (including phenoxy) is 3. The van der Waals surface area contributed by atoms with Crippen LogP contribution in [-0.4, -0.2) is 24.0 Å². The molecule has 0 fully saturated rings. The summed E-state index contributed by atoms with van der Waals surface area (Å²) in [5.74, 6) is -0.513. The molecule has 0 saturated carbocycles. The van der Waals surface area contributed by atoms with Crippen LogP contribution in [0.15, 0.2) is 41.0 Å². The van der Waals surface area contributed by atoms with Gasteiger partial charge in [0.15, 0.2) is 0 Å². The molecule has 28 heavy (non-hydrogen) atoms. The molecule has 0 spiro atoms. The van der Waals surface area contributed by atoms with Crippen molar-refractivity contribution < 1.29 is 28.2 Å². The molecule has 0 radical (unpaired) electrons. The van der Waals surface area contributed by atoms with E-state index >= 15 is 0 Å². The van der Waals surface area contributed by atoms with E-state index in [1.807, 2.05) is 0 Å². The second-order valence-corrected chi connectivity index (χ2v) is 7.13. The molecular formula is C19H16ClNO6S. The Morgan fingerprint density at radius 2 is 1.89 bits per heavy atom. The van der Waals surface area contributed by atoms with E-state index in [0.29, 0.717) is 31.9 Å². The number of furan rings is 1. The average Bonchev–Trinajstić information content (AvgIpc) is 3.31. The van der Waals surface area contributed by atoms with Gasteiger partial charge in [0.1, 0.15) is 28.8 Å². The number of methoxy groups -OCH3 is 1. The van der Waals surface area contributed by atoms with Crippen LogP contribution in [0.4, 0.5) is 0 Å². The van der Waals surface area contributed by atoms with E-state index in [1.165, 1.54) is 24.7 Å². The van der Waals surface area contributed by atoms with Gasteiger partial charge in [-0.2, -0.15) is 0 Å². The molecule has 0 aliphatic carbocycles. The van der Waals surface area contributed by atoms with E-state index in [9.17, 15) is 9.59 Å². The quantitative estimate of drug-likeness (QED) is 0.521. The Labute approximate surface area is 169 Å². The molecule has 0 N–H and O–H groups in total. The van der Waals surface area contributed by atoms with Crippen LogP contribution >= 0.6 is 22.9 Å². The van der Waals surface area contributed by atoms with Gasteiger partial charge in [-0.3, -0.25) is 0 Å². The fourth-order valence-electron chi connectivity index (χ4n) is 2.31. The third kappa shape index (κ3) is 4.71. The highest BCUT2D eigenvalue weighted by Gasteiger charge is 2.20. The first-order valence-electron chi connectivity index (χ1n) is 8.14. The lowest BCUT2D eigenvalue weighted by molar-refractivity contribution is 0.0457. The molecule has 7 nitrogen and oxygen atoms in total. The first kappa shape index (κ1) is 19.9. The number of hydrogen-bond donors (Lipinski definition) is 0. The molecule has 3 rings (SSSR count). The van der Waals surface area contributed by atoms with Crippen LogP contribution in [0.3, 0.4) is 0 Å². The molecule has 2 aromatic heterocycles. The number of rotatable bonds is 7. The van der Waals surface area contributed by atoms with Crippen LogP contribution in [0.2, 0.25) is 5.02 Å². The Hall–Kier alpha value is -2.84. The van der Waals surface area contributed by atoms with Crippen molar-refractivity contribution in [2.75, 3.05) is 7.11 Å². The molecule has 2 heterocycles. The van der Waals surface area contributed by atoms with Gasteiger partial charge in [0.05, 0.1) is 19.1 Å². The first-order valence-corrected chi connectivity index (χ1v) is 9.34. The van der Waals surface area contributed by atoms with Gasteiger partial charge < -0.3 is 18.6 Å². The van der Waals surface area contributed by atoms with Crippen molar-refractivity contribution in [2.45, 2.75) is 20.1 Å². The number of hydrogen-bond acceptors (Lipinski definition) is 8. The van der Waals surface area contributed by atoms with Crippen molar-refractivity contribution >= 4 is 34.9 Å². The summed E-state index contributed by atoms with van der Waals surface area (Å²) in [4.78, 5) is 28.7. The number of nitrogens with zero attached hydrogens (tertiary/aromatic N) is 1. The van der Waals surface area contributed by atoms with Gasteiger partial charge in [-0.15, -0.1) is 11.3 Å². The number of halogens is 1. The lowest BCUT2D eigenvalue weighted by Crippen LogP contribution is -2.08. The van der Waals surface area contributed by atoms with Crippen molar-refractivity contribution in [2.24, 2.45) is 0 Å². The third-order valence-corrected chi connectivity index (χ3v) is 5.04. The highest BCUT2D eigenvalue weighted by Crippen LogP contribution is 2.23. The van der Waals surface area contributed by atoms with E-state index < -0.39 is 11.9 Å². The second kappa shape index (κ2) is 8.90. The zero-order valence-corrected chi connectivity index (χ0v) is 16.6. The van der Waals surface area contributed by atoms with Gasteiger partial charge in [0, 0.05) is 10.6 Å². The molecule has 146 valence electrons. The fourth-order valence-corrected chi connectivity index (χ4v) is 3.31. The smallest absolute Gasteiger partial charge is 0.374 e. The normalized spacial score (nSPS) is 10.5. The maximum Gasteiger partial charge on any atom is 0.374 e. The minimum absolute atomic E-state index is 0.00776. The lowest BCUT2D eigenvalue weighted by Gasteiger charge is -2.04. The molecule has 0 bridgehead atoms. The Balaban J connectivity index is 1.61.